The first-order valence-electron chi connectivity index (χ1n) is 5.60. The van der Waals surface area contributed by atoms with Crippen LogP contribution in [0.1, 0.15) is 11.1 Å². The Morgan fingerprint density at radius 1 is 1.44 bits per heavy atom. The van der Waals surface area contributed by atoms with Crippen LogP contribution in [0.25, 0.3) is 0 Å². The van der Waals surface area contributed by atoms with Crippen molar-refractivity contribution >= 4 is 21.4 Å². The van der Waals surface area contributed by atoms with Gasteiger partial charge in [-0.2, -0.15) is 5.26 Å². The van der Waals surface area contributed by atoms with Crippen LogP contribution < -0.4 is 5.32 Å². The molecule has 0 amide bonds. The summed E-state index contributed by atoms with van der Waals surface area (Å²) >= 11 is 5.97. The van der Waals surface area contributed by atoms with Crippen LogP contribution in [-0.4, -0.2) is 27.3 Å². The van der Waals surface area contributed by atoms with Gasteiger partial charge in [-0.3, -0.25) is 0 Å². The van der Waals surface area contributed by atoms with Crippen LogP contribution in [0.4, 0.5) is 0 Å². The van der Waals surface area contributed by atoms with Gasteiger partial charge in [-0.25, -0.2) is 8.42 Å². The zero-order valence-corrected chi connectivity index (χ0v) is 11.3. The van der Waals surface area contributed by atoms with E-state index in [2.05, 4.69) is 5.32 Å². The van der Waals surface area contributed by atoms with E-state index in [9.17, 15) is 8.42 Å². The maximum atomic E-state index is 12.0. The zero-order valence-electron chi connectivity index (χ0n) is 9.69. The van der Waals surface area contributed by atoms with Gasteiger partial charge in [-0.1, -0.05) is 17.7 Å². The molecule has 0 radical (unpaired) electrons. The standard InChI is InChI=1S/C12H13ClN2O2S/c13-12-3-9(4-14)1-2-11(12)8-18(16,17)7-10-5-15-6-10/h1-3,10,15H,5-8H2. The van der Waals surface area contributed by atoms with E-state index in [4.69, 9.17) is 16.9 Å². The third-order valence-electron chi connectivity index (χ3n) is 2.91. The smallest absolute Gasteiger partial charge is 0.154 e. The minimum absolute atomic E-state index is 0.0615. The van der Waals surface area contributed by atoms with Gasteiger partial charge < -0.3 is 5.32 Å². The monoisotopic (exact) mass is 284 g/mol. The van der Waals surface area contributed by atoms with Gasteiger partial charge in [-0.05, 0) is 23.6 Å². The molecule has 0 spiro atoms. The van der Waals surface area contributed by atoms with Gasteiger partial charge >= 0.3 is 0 Å². The summed E-state index contributed by atoms with van der Waals surface area (Å²) < 4.78 is 23.9. The number of benzene rings is 1. The maximum Gasteiger partial charge on any atom is 0.154 e. The molecule has 1 saturated heterocycles. The number of hydrogen-bond donors (Lipinski definition) is 1. The minimum atomic E-state index is -3.14. The van der Waals surface area contributed by atoms with Crippen LogP contribution in [0, 0.1) is 17.2 Å². The molecule has 0 bridgehead atoms. The number of sulfone groups is 1. The molecule has 0 saturated carbocycles. The highest BCUT2D eigenvalue weighted by molar-refractivity contribution is 7.90. The van der Waals surface area contributed by atoms with Gasteiger partial charge in [0.2, 0.25) is 0 Å². The topological polar surface area (TPSA) is 70.0 Å². The highest BCUT2D eigenvalue weighted by Crippen LogP contribution is 2.21. The second kappa shape index (κ2) is 5.27. The molecule has 1 aliphatic rings. The minimum Gasteiger partial charge on any atom is -0.316 e. The Balaban J connectivity index is 2.10. The Morgan fingerprint density at radius 3 is 2.67 bits per heavy atom. The number of halogens is 1. The second-order valence-corrected chi connectivity index (χ2v) is 7.01. The van der Waals surface area contributed by atoms with Crippen molar-refractivity contribution in [3.63, 3.8) is 0 Å². The summed E-state index contributed by atoms with van der Waals surface area (Å²) in [5.41, 5.74) is 0.993. The molecule has 0 aliphatic carbocycles. The van der Waals surface area contributed by atoms with Crippen LogP contribution in [0.3, 0.4) is 0 Å². The predicted octanol–water partition coefficient (Wildman–Crippen LogP) is 1.35. The fourth-order valence-electron chi connectivity index (χ4n) is 1.86. The van der Waals surface area contributed by atoms with Crippen molar-refractivity contribution in [1.29, 1.82) is 5.26 Å². The van der Waals surface area contributed by atoms with E-state index in [0.29, 0.717) is 16.1 Å². The van der Waals surface area contributed by atoms with E-state index in [0.717, 1.165) is 13.1 Å². The van der Waals surface area contributed by atoms with Crippen molar-refractivity contribution in [2.24, 2.45) is 5.92 Å². The molecule has 2 rings (SSSR count). The lowest BCUT2D eigenvalue weighted by Gasteiger charge is -2.26. The van der Waals surface area contributed by atoms with Gasteiger partial charge in [0, 0.05) is 18.1 Å². The van der Waals surface area contributed by atoms with Gasteiger partial charge in [0.25, 0.3) is 0 Å². The molecular weight excluding hydrogens is 272 g/mol. The van der Waals surface area contributed by atoms with Gasteiger partial charge in [0.15, 0.2) is 9.84 Å². The highest BCUT2D eigenvalue weighted by Gasteiger charge is 2.24. The second-order valence-electron chi connectivity index (χ2n) is 4.50. The molecule has 18 heavy (non-hydrogen) atoms. The largest absolute Gasteiger partial charge is 0.316 e. The van der Waals surface area contributed by atoms with Gasteiger partial charge in [-0.15, -0.1) is 0 Å². The van der Waals surface area contributed by atoms with Crippen molar-refractivity contribution in [3.05, 3.63) is 34.3 Å². The average Bonchev–Trinajstić information content (AvgIpc) is 2.26. The van der Waals surface area contributed by atoms with E-state index >= 15 is 0 Å². The molecule has 6 heteroatoms. The molecule has 1 aliphatic heterocycles. The molecule has 1 N–H and O–H groups in total. The first-order valence-corrected chi connectivity index (χ1v) is 7.80. The summed E-state index contributed by atoms with van der Waals surface area (Å²) in [6.07, 6.45) is 0. The molecule has 0 unspecified atom stereocenters. The van der Waals surface area contributed by atoms with Crippen molar-refractivity contribution in [3.8, 4) is 6.07 Å². The summed E-state index contributed by atoms with van der Waals surface area (Å²) in [5, 5.41) is 12.1. The Morgan fingerprint density at radius 2 is 2.17 bits per heavy atom. The van der Waals surface area contributed by atoms with Crippen molar-refractivity contribution in [1.82, 2.24) is 5.32 Å². The fourth-order valence-corrected chi connectivity index (χ4v) is 3.98. The normalized spacial score (nSPS) is 16.0. The Labute approximate surface area is 111 Å². The quantitative estimate of drug-likeness (QED) is 0.906. The first kappa shape index (κ1) is 13.3. The summed E-state index contributed by atoms with van der Waals surface area (Å²) in [6, 6.07) is 6.66. The van der Waals surface area contributed by atoms with E-state index in [-0.39, 0.29) is 17.4 Å². The molecule has 1 aromatic carbocycles. The van der Waals surface area contributed by atoms with Gasteiger partial charge in [0.1, 0.15) is 0 Å². The fraction of sp³-hybridized carbons (Fsp3) is 0.417. The highest BCUT2D eigenvalue weighted by atomic mass is 35.5. The number of nitrogens with zero attached hydrogens (tertiary/aromatic N) is 1. The number of hydrogen-bond acceptors (Lipinski definition) is 4. The van der Waals surface area contributed by atoms with Crippen molar-refractivity contribution in [2.75, 3.05) is 18.8 Å². The van der Waals surface area contributed by atoms with Crippen LogP contribution in [-0.2, 0) is 15.6 Å². The Hall–Kier alpha value is -1.09. The van der Waals surface area contributed by atoms with E-state index < -0.39 is 9.84 Å². The summed E-state index contributed by atoms with van der Waals surface area (Å²) in [5.74, 6) is 0.344. The average molecular weight is 285 g/mol. The zero-order chi connectivity index (χ0) is 13.2. The molecule has 1 aromatic rings. The van der Waals surface area contributed by atoms with Crippen LogP contribution in [0.5, 0.6) is 0 Å². The van der Waals surface area contributed by atoms with Gasteiger partial charge in [0.05, 0.1) is 23.1 Å². The third-order valence-corrected chi connectivity index (χ3v) is 5.00. The van der Waals surface area contributed by atoms with E-state index in [1.165, 1.54) is 6.07 Å². The molecule has 1 heterocycles. The number of nitriles is 1. The molecule has 0 aromatic heterocycles. The molecule has 1 fully saturated rings. The Bertz CT molecular complexity index is 589. The molecular formula is C12H13ClN2O2S. The summed E-state index contributed by atoms with van der Waals surface area (Å²) in [6.45, 7) is 1.53. The lowest BCUT2D eigenvalue weighted by Crippen LogP contribution is -2.45. The van der Waals surface area contributed by atoms with E-state index in [1.807, 2.05) is 6.07 Å². The summed E-state index contributed by atoms with van der Waals surface area (Å²) in [4.78, 5) is 0. The number of nitrogens with one attached hydrogen (secondary N) is 1. The lowest BCUT2D eigenvalue weighted by atomic mass is 10.1. The summed E-state index contributed by atoms with van der Waals surface area (Å²) in [7, 11) is -3.14. The molecule has 96 valence electrons. The van der Waals surface area contributed by atoms with Crippen molar-refractivity contribution < 1.29 is 8.42 Å². The molecule has 0 atom stereocenters. The molecule has 4 nitrogen and oxygen atoms in total. The number of rotatable bonds is 4. The Kier molecular flexibility index (Phi) is 3.91. The predicted molar refractivity (Wildman–Crippen MR) is 70.0 cm³/mol. The van der Waals surface area contributed by atoms with Crippen LogP contribution in [0.2, 0.25) is 5.02 Å². The van der Waals surface area contributed by atoms with Crippen molar-refractivity contribution in [2.45, 2.75) is 5.75 Å². The third kappa shape index (κ3) is 3.22. The first-order chi connectivity index (χ1) is 8.50. The van der Waals surface area contributed by atoms with E-state index in [1.54, 1.807) is 12.1 Å². The van der Waals surface area contributed by atoms with Crippen LogP contribution in [0.15, 0.2) is 18.2 Å². The maximum absolute atomic E-state index is 12.0. The SMILES string of the molecule is N#Cc1ccc(CS(=O)(=O)CC2CNC2)c(Cl)c1. The lowest BCUT2D eigenvalue weighted by molar-refractivity contribution is 0.378. The van der Waals surface area contributed by atoms with Crippen LogP contribution >= 0.6 is 11.6 Å².